The second-order valence-corrected chi connectivity index (χ2v) is 17.4. The SMILES string of the molecule is CC1(O)CCCC2c3c(c4c5oc6c(c(=O)c5c3OC3CCCC3)C(c3ccc(NO)cc3)C=CC6(O)CC(CO)(N=C(N)N)CSSC4)OC21. The lowest BCUT2D eigenvalue weighted by Crippen LogP contribution is -2.47. The molecule has 6 unspecified atom stereocenters. The van der Waals surface area contributed by atoms with E-state index in [1.165, 1.54) is 21.6 Å². The average Bonchev–Trinajstić information content (AvgIpc) is 3.76. The van der Waals surface area contributed by atoms with Crippen LogP contribution in [0, 0.1) is 0 Å². The first-order chi connectivity index (χ1) is 24.5. The van der Waals surface area contributed by atoms with Gasteiger partial charge < -0.3 is 40.7 Å². The summed E-state index contributed by atoms with van der Waals surface area (Å²) >= 11 is 0. The van der Waals surface area contributed by atoms with Crippen molar-refractivity contribution in [1.82, 2.24) is 0 Å². The topological polar surface area (TPSA) is 206 Å². The van der Waals surface area contributed by atoms with Crippen LogP contribution in [0.5, 0.6) is 11.5 Å². The normalized spacial score (nSPS) is 31.4. The molecule has 0 amide bonds. The predicted molar refractivity (Wildman–Crippen MR) is 198 cm³/mol. The van der Waals surface area contributed by atoms with E-state index in [0.29, 0.717) is 40.3 Å². The summed E-state index contributed by atoms with van der Waals surface area (Å²) in [5, 5.41) is 44.9. The zero-order valence-corrected chi connectivity index (χ0v) is 30.0. The third-order valence-electron chi connectivity index (χ3n) is 11.3. The second kappa shape index (κ2) is 12.9. The lowest BCUT2D eigenvalue weighted by molar-refractivity contribution is -0.0727. The predicted octanol–water partition coefficient (Wildman–Crippen LogP) is 4.87. The van der Waals surface area contributed by atoms with Crippen LogP contribution in [0.25, 0.3) is 11.0 Å². The summed E-state index contributed by atoms with van der Waals surface area (Å²) < 4.78 is 20.6. The zero-order valence-electron chi connectivity index (χ0n) is 28.4. The first-order valence-corrected chi connectivity index (χ1v) is 20.1. The number of ether oxygens (including phenoxy) is 2. The van der Waals surface area contributed by atoms with Crippen molar-refractivity contribution in [2.45, 2.75) is 105 Å². The largest absolute Gasteiger partial charge is 0.489 e. The summed E-state index contributed by atoms with van der Waals surface area (Å²) in [7, 11) is 2.93. The van der Waals surface area contributed by atoms with Gasteiger partial charge in [-0.05, 0) is 75.6 Å². The molecule has 2 aliphatic heterocycles. The quantitative estimate of drug-likeness (QED) is 0.0594. The van der Waals surface area contributed by atoms with Crippen molar-refractivity contribution in [3.05, 3.63) is 74.7 Å². The van der Waals surface area contributed by atoms with Crippen LogP contribution in [-0.4, -0.2) is 62.2 Å². The molecule has 12 nitrogen and oxygen atoms in total. The number of aliphatic hydroxyl groups is 3. The van der Waals surface area contributed by atoms with Gasteiger partial charge in [-0.2, -0.15) is 0 Å². The number of nitrogens with two attached hydrogens (primary N) is 2. The van der Waals surface area contributed by atoms with E-state index in [0.717, 1.165) is 49.7 Å². The first kappa shape index (κ1) is 34.7. The molecule has 2 saturated carbocycles. The number of aliphatic imine (C=N–C) groups is 1. The van der Waals surface area contributed by atoms with E-state index >= 15 is 4.79 Å². The molecule has 1 aromatic heterocycles. The van der Waals surface area contributed by atoms with Gasteiger partial charge in [-0.1, -0.05) is 39.8 Å². The molecule has 14 heteroatoms. The summed E-state index contributed by atoms with van der Waals surface area (Å²) in [5.74, 6) is 0.586. The molecule has 2 bridgehead atoms. The van der Waals surface area contributed by atoms with Crippen molar-refractivity contribution in [2.24, 2.45) is 16.5 Å². The third kappa shape index (κ3) is 5.78. The summed E-state index contributed by atoms with van der Waals surface area (Å²) in [6.45, 7) is 1.34. The first-order valence-electron chi connectivity index (χ1n) is 17.6. The van der Waals surface area contributed by atoms with Crippen molar-refractivity contribution < 1.29 is 34.4 Å². The number of nitrogens with one attached hydrogen (secondary N) is 1. The molecule has 0 radical (unpaired) electrons. The smallest absolute Gasteiger partial charge is 0.201 e. The van der Waals surface area contributed by atoms with Crippen molar-refractivity contribution >= 4 is 44.2 Å². The van der Waals surface area contributed by atoms with Crippen LogP contribution in [0.4, 0.5) is 5.69 Å². The van der Waals surface area contributed by atoms with Crippen LogP contribution in [-0.2, 0) is 11.4 Å². The van der Waals surface area contributed by atoms with E-state index < -0.39 is 35.4 Å². The molecule has 3 aliphatic carbocycles. The van der Waals surface area contributed by atoms with E-state index in [4.69, 9.17) is 25.4 Å². The van der Waals surface area contributed by atoms with Gasteiger partial charge in [0.15, 0.2) is 5.96 Å². The molecule has 0 saturated heterocycles. The Balaban J connectivity index is 1.45. The van der Waals surface area contributed by atoms with Gasteiger partial charge >= 0.3 is 0 Å². The molecule has 3 heterocycles. The van der Waals surface area contributed by atoms with Crippen LogP contribution in [0.2, 0.25) is 0 Å². The molecule has 0 spiro atoms. The second-order valence-electron chi connectivity index (χ2n) is 15.0. The molecule has 51 heavy (non-hydrogen) atoms. The Labute approximate surface area is 303 Å². The number of hydrogen-bond donors (Lipinski definition) is 7. The highest BCUT2D eigenvalue weighted by Crippen LogP contribution is 2.58. The van der Waals surface area contributed by atoms with Gasteiger partial charge in [0.2, 0.25) is 5.43 Å². The summed E-state index contributed by atoms with van der Waals surface area (Å²) in [6.07, 6.45) is 8.50. The fourth-order valence-corrected chi connectivity index (χ4v) is 11.4. The molecular weight excluding hydrogens is 693 g/mol. The Bertz CT molecular complexity index is 1970. The minimum Gasteiger partial charge on any atom is -0.489 e. The number of fused-ring (bicyclic) bond motifs is 4. The van der Waals surface area contributed by atoms with E-state index in [-0.39, 0.29) is 52.5 Å². The van der Waals surface area contributed by atoms with Crippen LogP contribution in [0.15, 0.2) is 50.6 Å². The van der Waals surface area contributed by atoms with Gasteiger partial charge in [0.25, 0.3) is 0 Å². The van der Waals surface area contributed by atoms with Crippen LogP contribution >= 0.6 is 21.6 Å². The highest BCUT2D eigenvalue weighted by molar-refractivity contribution is 8.76. The molecule has 2 fully saturated rings. The summed E-state index contributed by atoms with van der Waals surface area (Å²) in [4.78, 5) is 19.9. The lowest BCUT2D eigenvalue weighted by atomic mass is 9.73. The number of rotatable bonds is 6. The Hall–Kier alpha value is -3.40. The third-order valence-corrected chi connectivity index (χ3v) is 13.8. The fraction of sp³-hybridized carbons (Fsp3) is 0.514. The van der Waals surface area contributed by atoms with Crippen LogP contribution < -0.4 is 31.8 Å². The van der Waals surface area contributed by atoms with E-state index in [1.54, 1.807) is 36.4 Å². The van der Waals surface area contributed by atoms with Crippen LogP contribution in [0.1, 0.15) is 98.1 Å². The maximum Gasteiger partial charge on any atom is 0.201 e. The lowest BCUT2D eigenvalue weighted by Gasteiger charge is -2.38. The van der Waals surface area contributed by atoms with Gasteiger partial charge in [-0.3, -0.25) is 15.5 Å². The van der Waals surface area contributed by atoms with Gasteiger partial charge in [0.05, 0.1) is 29.6 Å². The zero-order chi connectivity index (χ0) is 35.7. The minimum atomic E-state index is -1.90. The number of benzene rings is 2. The molecule has 272 valence electrons. The number of anilines is 1. The molecule has 5 aliphatic rings. The van der Waals surface area contributed by atoms with Gasteiger partial charge in [0.1, 0.15) is 45.5 Å². The molecule has 3 aromatic rings. The van der Waals surface area contributed by atoms with Gasteiger partial charge in [-0.25, -0.2) is 4.99 Å². The number of guanidine groups is 1. The number of allylic oxidation sites excluding steroid dienone is 1. The Kier molecular flexibility index (Phi) is 8.78. The maximum absolute atomic E-state index is 15.5. The average molecular weight is 737 g/mol. The molecular formula is C37H44N4O8S2. The maximum atomic E-state index is 15.5. The number of nitrogens with zero attached hydrogens (tertiary/aromatic N) is 1. The Morgan fingerprint density at radius 3 is 2.57 bits per heavy atom. The highest BCUT2D eigenvalue weighted by atomic mass is 33.1. The minimum absolute atomic E-state index is 0.0350. The number of hydrogen-bond acceptors (Lipinski definition) is 12. The highest BCUT2D eigenvalue weighted by Gasteiger charge is 2.53. The van der Waals surface area contributed by atoms with Crippen molar-refractivity contribution in [3.8, 4) is 11.5 Å². The molecule has 6 atom stereocenters. The van der Waals surface area contributed by atoms with E-state index in [9.17, 15) is 20.5 Å². The van der Waals surface area contributed by atoms with Crippen molar-refractivity contribution in [1.29, 1.82) is 0 Å². The van der Waals surface area contributed by atoms with Gasteiger partial charge in [0, 0.05) is 40.9 Å². The Morgan fingerprint density at radius 2 is 1.86 bits per heavy atom. The summed E-state index contributed by atoms with van der Waals surface area (Å²) in [5.41, 5.74) is 12.5. The molecule has 8 rings (SSSR count). The molecule has 9 N–H and O–H groups in total. The molecule has 2 aromatic carbocycles. The van der Waals surface area contributed by atoms with Gasteiger partial charge in [-0.15, -0.1) is 0 Å². The monoisotopic (exact) mass is 736 g/mol. The van der Waals surface area contributed by atoms with Crippen molar-refractivity contribution in [3.63, 3.8) is 0 Å². The van der Waals surface area contributed by atoms with Crippen LogP contribution in [0.3, 0.4) is 0 Å². The van der Waals surface area contributed by atoms with Crippen molar-refractivity contribution in [2.75, 3.05) is 17.8 Å². The van der Waals surface area contributed by atoms with E-state index in [1.807, 2.05) is 6.92 Å². The summed E-state index contributed by atoms with van der Waals surface area (Å²) in [6, 6.07) is 7.00. The standard InChI is InChI=1S/C37H44N4O8S2/c1-35(44)13-4-7-23-26-29(48-32(23)35)24-15-50-51-18-36(17-42,40-34(38)39)16-37(45)14-12-22(19-8-10-20(41-46)11-9-19)25-28(43)27(30(24)49-33(25)37)31(26)47-21-5-2-3-6-21/h8-12,14,21-23,32,41-42,44-46H,2-7,13,15-18H2,1H3,(H4,38,39,40). The number of aliphatic hydroxyl groups excluding tert-OH is 1. The fourth-order valence-electron chi connectivity index (χ4n) is 8.91. The van der Waals surface area contributed by atoms with E-state index in [2.05, 4.69) is 10.5 Å². The Morgan fingerprint density at radius 1 is 1.10 bits per heavy atom.